The number of Topliss-reactive ketones (excluding diaryl/α,β-unsaturated/α-hetero) is 1. The Kier molecular flexibility index (Phi) is 10.7. The normalized spacial score (nSPS) is 13.4. The second-order valence-electron chi connectivity index (χ2n) is 10.7. The third kappa shape index (κ3) is 7.81. The zero-order chi connectivity index (χ0) is 31.8. The van der Waals surface area contributed by atoms with E-state index in [1.54, 1.807) is 11.8 Å². The highest BCUT2D eigenvalue weighted by molar-refractivity contribution is 7.98. The molecule has 10 nitrogen and oxygen atoms in total. The number of hydrogen-bond donors (Lipinski definition) is 4. The third-order valence-corrected chi connectivity index (χ3v) is 9.34. The summed E-state index contributed by atoms with van der Waals surface area (Å²) in [5.41, 5.74) is 16.1. The Morgan fingerprint density at radius 1 is 0.933 bits per heavy atom. The summed E-state index contributed by atoms with van der Waals surface area (Å²) in [6.07, 6.45) is 2.32. The summed E-state index contributed by atoms with van der Waals surface area (Å²) in [5, 5.41) is 5.92. The lowest BCUT2D eigenvalue weighted by atomic mass is 9.98. The van der Waals surface area contributed by atoms with E-state index in [4.69, 9.17) is 16.2 Å². The number of aliphatic imine (C=N–C) groups is 1. The van der Waals surface area contributed by atoms with E-state index in [1.165, 1.54) is 11.3 Å². The molecule has 5 rings (SSSR count). The summed E-state index contributed by atoms with van der Waals surface area (Å²) in [7, 11) is 0. The predicted octanol–water partition coefficient (Wildman–Crippen LogP) is 4.68. The Labute approximate surface area is 270 Å². The molecule has 0 aliphatic heterocycles. The zero-order valence-electron chi connectivity index (χ0n) is 24.9. The number of thiazole rings is 1. The standard InChI is InChI=1S/C33H36N6O4S2/c1-44-18-16-27(39-33(42)43-19-24-22-11-4-2-9-20(22)21-10-3-5-12-23(21)24)30(41)37-26(14-8-17-36-32(34)35)29(40)31-38-25-13-6-7-15-28(25)45-31/h2-7,9-13,15,24,26-27H,8,14,16-19H2,1H3,(H,37,41)(H,39,42)(H4,34,35,36)/t26-,27-/m0/s1. The van der Waals surface area contributed by atoms with E-state index in [2.05, 4.69) is 32.7 Å². The van der Waals surface area contributed by atoms with Crippen molar-refractivity contribution in [2.24, 2.45) is 16.5 Å². The van der Waals surface area contributed by atoms with Crippen LogP contribution in [0, 0.1) is 0 Å². The van der Waals surface area contributed by atoms with Crippen LogP contribution in [0.4, 0.5) is 4.79 Å². The maximum Gasteiger partial charge on any atom is 0.407 e. The summed E-state index contributed by atoms with van der Waals surface area (Å²) in [6, 6.07) is 21.9. The molecule has 0 saturated carbocycles. The summed E-state index contributed by atoms with van der Waals surface area (Å²) >= 11 is 2.83. The molecule has 0 fully saturated rings. The molecule has 0 bridgehead atoms. The second-order valence-corrected chi connectivity index (χ2v) is 12.7. The Hall–Kier alpha value is -4.42. The molecular weight excluding hydrogens is 609 g/mol. The number of carbonyl (C=O) groups is 3. The smallest absolute Gasteiger partial charge is 0.407 e. The molecule has 1 aliphatic rings. The molecule has 1 heterocycles. The number of benzene rings is 3. The quantitative estimate of drug-likeness (QED) is 0.0666. The third-order valence-electron chi connectivity index (χ3n) is 7.65. The number of alkyl carbamates (subject to hydrolysis) is 1. The van der Waals surface area contributed by atoms with Gasteiger partial charge < -0.3 is 26.8 Å². The van der Waals surface area contributed by atoms with Gasteiger partial charge in [-0.1, -0.05) is 60.7 Å². The lowest BCUT2D eigenvalue weighted by Gasteiger charge is -2.22. The first-order chi connectivity index (χ1) is 21.9. The average molecular weight is 645 g/mol. The van der Waals surface area contributed by atoms with Gasteiger partial charge in [-0.2, -0.15) is 11.8 Å². The molecule has 12 heteroatoms. The molecule has 6 N–H and O–H groups in total. The van der Waals surface area contributed by atoms with Crippen molar-refractivity contribution < 1.29 is 19.1 Å². The van der Waals surface area contributed by atoms with Crippen LogP contribution in [0.5, 0.6) is 0 Å². The van der Waals surface area contributed by atoms with Crippen LogP contribution in [0.15, 0.2) is 77.8 Å². The number of amides is 2. The number of rotatable bonds is 14. The highest BCUT2D eigenvalue weighted by Gasteiger charge is 2.31. The number of nitrogens with two attached hydrogens (primary N) is 2. The topological polar surface area (TPSA) is 162 Å². The van der Waals surface area contributed by atoms with E-state index < -0.39 is 24.1 Å². The van der Waals surface area contributed by atoms with Gasteiger partial charge in [0.05, 0.1) is 16.3 Å². The molecule has 45 heavy (non-hydrogen) atoms. The highest BCUT2D eigenvalue weighted by Crippen LogP contribution is 2.44. The average Bonchev–Trinajstić information content (AvgIpc) is 3.62. The second kappa shape index (κ2) is 15.0. The van der Waals surface area contributed by atoms with Crippen LogP contribution in [-0.4, -0.2) is 66.0 Å². The van der Waals surface area contributed by atoms with Gasteiger partial charge in [0.1, 0.15) is 12.6 Å². The monoisotopic (exact) mass is 644 g/mol. The van der Waals surface area contributed by atoms with Crippen molar-refractivity contribution in [2.75, 3.05) is 25.2 Å². The van der Waals surface area contributed by atoms with E-state index in [0.29, 0.717) is 35.7 Å². The molecule has 4 aromatic rings. The van der Waals surface area contributed by atoms with E-state index >= 15 is 0 Å². The van der Waals surface area contributed by atoms with Crippen LogP contribution in [0.25, 0.3) is 21.3 Å². The molecule has 0 spiro atoms. The number of ketones is 1. The van der Waals surface area contributed by atoms with Gasteiger partial charge in [-0.05, 0) is 65.7 Å². The molecule has 0 unspecified atom stereocenters. The van der Waals surface area contributed by atoms with Gasteiger partial charge in [-0.25, -0.2) is 9.78 Å². The number of nitrogens with one attached hydrogen (secondary N) is 2. The number of carbonyl (C=O) groups excluding carboxylic acids is 3. The summed E-state index contributed by atoms with van der Waals surface area (Å²) in [4.78, 5) is 48.8. The van der Waals surface area contributed by atoms with Crippen molar-refractivity contribution >= 4 is 57.1 Å². The van der Waals surface area contributed by atoms with Gasteiger partial charge in [0, 0.05) is 12.5 Å². The molecular formula is C33H36N6O4S2. The fraction of sp³-hybridized carbons (Fsp3) is 0.303. The van der Waals surface area contributed by atoms with Crippen LogP contribution >= 0.6 is 23.1 Å². The van der Waals surface area contributed by atoms with Gasteiger partial charge in [-0.15, -0.1) is 11.3 Å². The van der Waals surface area contributed by atoms with Gasteiger partial charge in [0.25, 0.3) is 0 Å². The minimum absolute atomic E-state index is 0.0440. The molecule has 0 saturated heterocycles. The van der Waals surface area contributed by atoms with Crippen LogP contribution in [0.3, 0.4) is 0 Å². The molecule has 1 aromatic heterocycles. The number of thioether (sulfide) groups is 1. The molecule has 234 valence electrons. The van der Waals surface area contributed by atoms with E-state index in [1.807, 2.05) is 66.9 Å². The first-order valence-corrected chi connectivity index (χ1v) is 16.9. The van der Waals surface area contributed by atoms with Crippen molar-refractivity contribution in [2.45, 2.75) is 37.3 Å². The fourth-order valence-corrected chi connectivity index (χ4v) is 6.89. The van der Waals surface area contributed by atoms with Crippen LogP contribution in [0.2, 0.25) is 0 Å². The lowest BCUT2D eigenvalue weighted by molar-refractivity contribution is -0.123. The molecule has 3 aromatic carbocycles. The number of para-hydroxylation sites is 1. The Morgan fingerprint density at radius 2 is 1.60 bits per heavy atom. The number of fused-ring (bicyclic) bond motifs is 4. The first kappa shape index (κ1) is 32.0. The van der Waals surface area contributed by atoms with Gasteiger partial charge in [-0.3, -0.25) is 14.6 Å². The van der Waals surface area contributed by atoms with Crippen molar-refractivity contribution in [3.05, 3.63) is 88.9 Å². The lowest BCUT2D eigenvalue weighted by Crippen LogP contribution is -2.52. The molecule has 2 atom stereocenters. The number of guanidine groups is 1. The summed E-state index contributed by atoms with van der Waals surface area (Å²) < 4.78 is 6.58. The number of hydrogen-bond acceptors (Lipinski definition) is 8. The van der Waals surface area contributed by atoms with Gasteiger partial charge in [0.15, 0.2) is 11.0 Å². The van der Waals surface area contributed by atoms with Crippen molar-refractivity contribution in [1.29, 1.82) is 0 Å². The van der Waals surface area contributed by atoms with Crippen molar-refractivity contribution in [1.82, 2.24) is 15.6 Å². The van der Waals surface area contributed by atoms with Gasteiger partial charge >= 0.3 is 6.09 Å². The predicted molar refractivity (Wildman–Crippen MR) is 181 cm³/mol. The zero-order valence-corrected chi connectivity index (χ0v) is 26.5. The first-order valence-electron chi connectivity index (χ1n) is 14.7. The summed E-state index contributed by atoms with van der Waals surface area (Å²) in [6.45, 7) is 0.427. The fourth-order valence-electron chi connectivity index (χ4n) is 5.46. The number of nitrogens with zero attached hydrogens (tertiary/aromatic N) is 2. The van der Waals surface area contributed by atoms with Crippen molar-refractivity contribution in [3.8, 4) is 11.1 Å². The number of ether oxygens (including phenoxy) is 1. The van der Waals surface area contributed by atoms with E-state index in [0.717, 1.165) is 27.0 Å². The minimum Gasteiger partial charge on any atom is -0.449 e. The van der Waals surface area contributed by atoms with E-state index in [9.17, 15) is 14.4 Å². The number of aromatic nitrogens is 1. The summed E-state index contributed by atoms with van der Waals surface area (Å²) in [5.74, 6) is -0.319. The Balaban J connectivity index is 1.27. The van der Waals surface area contributed by atoms with E-state index in [-0.39, 0.29) is 30.7 Å². The minimum atomic E-state index is -0.906. The SMILES string of the molecule is CSCC[C@H](NC(=O)OCC1c2ccccc2-c2ccccc21)C(=O)N[C@@H](CCCN=C(N)N)C(=O)c1nc2ccccc2s1. The highest BCUT2D eigenvalue weighted by atomic mass is 32.2. The van der Waals surface area contributed by atoms with Crippen LogP contribution < -0.4 is 22.1 Å². The Morgan fingerprint density at radius 3 is 2.27 bits per heavy atom. The van der Waals surface area contributed by atoms with Crippen LogP contribution in [0.1, 0.15) is 46.1 Å². The van der Waals surface area contributed by atoms with Crippen molar-refractivity contribution in [3.63, 3.8) is 0 Å². The van der Waals surface area contributed by atoms with Crippen LogP contribution in [-0.2, 0) is 9.53 Å². The largest absolute Gasteiger partial charge is 0.449 e. The molecule has 1 aliphatic carbocycles. The molecule has 2 amide bonds. The van der Waals surface area contributed by atoms with Gasteiger partial charge in [0.2, 0.25) is 11.7 Å². The molecule has 0 radical (unpaired) electrons. The maximum absolute atomic E-state index is 13.6. The Bertz CT molecular complexity index is 1620. The maximum atomic E-state index is 13.6.